The zero-order valence-electron chi connectivity index (χ0n) is 8.08. The van der Waals surface area contributed by atoms with Crippen LogP contribution in [-0.2, 0) is 9.53 Å². The monoisotopic (exact) mass is 180 g/mol. The maximum Gasteiger partial charge on any atom is 0.132 e. The summed E-state index contributed by atoms with van der Waals surface area (Å²) < 4.78 is 5.50. The highest BCUT2D eigenvalue weighted by Crippen LogP contribution is 2.41. The second kappa shape index (κ2) is 4.38. The van der Waals surface area contributed by atoms with E-state index in [0.29, 0.717) is 18.9 Å². The Hall–Kier alpha value is -0.890. The molecule has 1 saturated carbocycles. The molecule has 0 aromatic heterocycles. The van der Waals surface area contributed by atoms with Crippen LogP contribution in [0, 0.1) is 5.92 Å². The second-order valence-corrected chi connectivity index (χ2v) is 3.54. The minimum absolute atomic E-state index is 0.0306. The van der Waals surface area contributed by atoms with Gasteiger partial charge < -0.3 is 4.74 Å². The fourth-order valence-electron chi connectivity index (χ4n) is 1.41. The lowest BCUT2D eigenvalue weighted by atomic mass is 10.1. The van der Waals surface area contributed by atoms with Crippen molar-refractivity contribution in [1.29, 1.82) is 0 Å². The van der Waals surface area contributed by atoms with E-state index in [1.807, 2.05) is 0 Å². The van der Waals surface area contributed by atoms with Gasteiger partial charge >= 0.3 is 0 Å². The summed E-state index contributed by atoms with van der Waals surface area (Å²) in [6, 6.07) is 0. The van der Waals surface area contributed by atoms with Crippen LogP contribution in [0.3, 0.4) is 0 Å². The number of carbonyl (C=O) groups is 1. The minimum Gasteiger partial charge on any atom is -0.373 e. The third kappa shape index (κ3) is 3.15. The van der Waals surface area contributed by atoms with Gasteiger partial charge in [0, 0.05) is 12.3 Å². The van der Waals surface area contributed by atoms with E-state index in [9.17, 15) is 4.79 Å². The van der Waals surface area contributed by atoms with E-state index in [1.54, 1.807) is 13.0 Å². The van der Waals surface area contributed by atoms with Crippen molar-refractivity contribution in [3.63, 3.8) is 0 Å². The molecule has 0 spiro atoms. The number of ketones is 1. The molecule has 0 aromatic carbocycles. The van der Waals surface area contributed by atoms with E-state index in [4.69, 9.17) is 4.74 Å². The molecule has 1 rings (SSSR count). The van der Waals surface area contributed by atoms with Gasteiger partial charge in [0.25, 0.3) is 0 Å². The third-order valence-electron chi connectivity index (χ3n) is 2.21. The van der Waals surface area contributed by atoms with Crippen molar-refractivity contribution in [2.45, 2.75) is 25.9 Å². The van der Waals surface area contributed by atoms with Crippen molar-refractivity contribution in [2.75, 3.05) is 6.61 Å². The number of hydrogen-bond donors (Lipinski definition) is 0. The van der Waals surface area contributed by atoms with E-state index < -0.39 is 0 Å². The van der Waals surface area contributed by atoms with Gasteiger partial charge in [0.05, 0.1) is 12.7 Å². The molecule has 0 radical (unpaired) electrons. The van der Waals surface area contributed by atoms with Crippen molar-refractivity contribution in [3.05, 3.63) is 24.8 Å². The molecule has 1 aliphatic carbocycles. The molecule has 0 heterocycles. The van der Waals surface area contributed by atoms with Crippen LogP contribution in [0.25, 0.3) is 0 Å². The van der Waals surface area contributed by atoms with Gasteiger partial charge in [0.1, 0.15) is 5.78 Å². The molecule has 13 heavy (non-hydrogen) atoms. The molecule has 0 aromatic rings. The van der Waals surface area contributed by atoms with Crippen LogP contribution in [0.5, 0.6) is 0 Å². The summed E-state index contributed by atoms with van der Waals surface area (Å²) >= 11 is 0. The predicted molar refractivity (Wildman–Crippen MR) is 52.5 cm³/mol. The van der Waals surface area contributed by atoms with Crippen molar-refractivity contribution < 1.29 is 9.53 Å². The van der Waals surface area contributed by atoms with E-state index in [1.165, 1.54) is 5.57 Å². The van der Waals surface area contributed by atoms with Gasteiger partial charge in [-0.15, -0.1) is 6.58 Å². The maximum absolute atomic E-state index is 10.9. The van der Waals surface area contributed by atoms with Gasteiger partial charge in [0.15, 0.2) is 0 Å². The van der Waals surface area contributed by atoms with Crippen molar-refractivity contribution in [1.82, 2.24) is 0 Å². The number of Topliss-reactive ketones (excluding diaryl/α,β-unsaturated/α-hetero) is 1. The van der Waals surface area contributed by atoms with Gasteiger partial charge in [-0.1, -0.05) is 18.2 Å². The van der Waals surface area contributed by atoms with Crippen LogP contribution in [0.2, 0.25) is 0 Å². The summed E-state index contributed by atoms with van der Waals surface area (Å²) in [5.41, 5.74) is 1.20. The quantitative estimate of drug-likeness (QED) is 0.585. The van der Waals surface area contributed by atoms with Gasteiger partial charge in [-0.05, 0) is 13.3 Å². The highest BCUT2D eigenvalue weighted by Gasteiger charge is 2.36. The highest BCUT2D eigenvalue weighted by molar-refractivity contribution is 5.76. The molecular weight excluding hydrogens is 164 g/mol. The Morgan fingerprint density at radius 1 is 1.85 bits per heavy atom. The molecule has 0 bridgehead atoms. The Morgan fingerprint density at radius 3 is 2.85 bits per heavy atom. The standard InChI is InChI=1S/C11H16O2/c1-4-5-13-11(7-9(3)12)10-6-8(10)2/h4,10-11H,1-2,5-7H2,3H3/t10-,11-/m1/s1. The number of carbonyl (C=O) groups excluding carboxylic acids is 1. The molecule has 0 unspecified atom stereocenters. The Kier molecular flexibility index (Phi) is 3.43. The number of hydrogen-bond acceptors (Lipinski definition) is 2. The Labute approximate surface area is 79.3 Å². The molecule has 72 valence electrons. The maximum atomic E-state index is 10.9. The van der Waals surface area contributed by atoms with Crippen molar-refractivity contribution in [2.24, 2.45) is 5.92 Å². The van der Waals surface area contributed by atoms with E-state index in [-0.39, 0.29) is 11.9 Å². The zero-order valence-corrected chi connectivity index (χ0v) is 8.08. The molecule has 1 aliphatic rings. The first-order valence-electron chi connectivity index (χ1n) is 4.54. The number of rotatable bonds is 6. The summed E-state index contributed by atoms with van der Waals surface area (Å²) in [5.74, 6) is 0.581. The molecule has 0 N–H and O–H groups in total. The smallest absolute Gasteiger partial charge is 0.132 e. The van der Waals surface area contributed by atoms with Gasteiger partial charge in [-0.2, -0.15) is 0 Å². The van der Waals surface area contributed by atoms with Crippen molar-refractivity contribution >= 4 is 5.78 Å². The Balaban J connectivity index is 2.39. The number of ether oxygens (including phenoxy) is 1. The third-order valence-corrected chi connectivity index (χ3v) is 2.21. The molecule has 2 atom stereocenters. The van der Waals surface area contributed by atoms with E-state index in [2.05, 4.69) is 13.2 Å². The first kappa shape index (κ1) is 10.2. The fraction of sp³-hybridized carbons (Fsp3) is 0.545. The highest BCUT2D eigenvalue weighted by atomic mass is 16.5. The lowest BCUT2D eigenvalue weighted by Gasteiger charge is -2.13. The zero-order chi connectivity index (χ0) is 9.84. The van der Waals surface area contributed by atoms with Crippen LogP contribution in [0.1, 0.15) is 19.8 Å². The Morgan fingerprint density at radius 2 is 2.46 bits per heavy atom. The molecule has 2 heteroatoms. The predicted octanol–water partition coefficient (Wildman–Crippen LogP) is 2.11. The summed E-state index contributed by atoms with van der Waals surface area (Å²) in [4.78, 5) is 10.9. The van der Waals surface area contributed by atoms with Crippen LogP contribution >= 0.6 is 0 Å². The average Bonchev–Trinajstić information content (AvgIpc) is 2.75. The van der Waals surface area contributed by atoms with Gasteiger partial charge in [-0.3, -0.25) is 4.79 Å². The average molecular weight is 180 g/mol. The van der Waals surface area contributed by atoms with Crippen LogP contribution < -0.4 is 0 Å². The van der Waals surface area contributed by atoms with E-state index in [0.717, 1.165) is 6.42 Å². The fourth-order valence-corrected chi connectivity index (χ4v) is 1.41. The van der Waals surface area contributed by atoms with Gasteiger partial charge in [0.2, 0.25) is 0 Å². The van der Waals surface area contributed by atoms with Crippen LogP contribution in [0.4, 0.5) is 0 Å². The van der Waals surface area contributed by atoms with Crippen LogP contribution in [0.15, 0.2) is 24.8 Å². The second-order valence-electron chi connectivity index (χ2n) is 3.54. The largest absolute Gasteiger partial charge is 0.373 e. The van der Waals surface area contributed by atoms with Crippen LogP contribution in [-0.4, -0.2) is 18.5 Å². The first-order chi connectivity index (χ1) is 6.15. The van der Waals surface area contributed by atoms with Gasteiger partial charge in [-0.25, -0.2) is 0 Å². The van der Waals surface area contributed by atoms with Crippen molar-refractivity contribution in [3.8, 4) is 0 Å². The molecule has 0 saturated heterocycles. The molecule has 0 amide bonds. The summed E-state index contributed by atoms with van der Waals surface area (Å²) in [6.45, 7) is 9.55. The Bertz CT molecular complexity index is 230. The molecule has 1 fully saturated rings. The lowest BCUT2D eigenvalue weighted by Crippen LogP contribution is -2.19. The topological polar surface area (TPSA) is 26.3 Å². The molecule has 2 nitrogen and oxygen atoms in total. The molecular formula is C11H16O2. The van der Waals surface area contributed by atoms with E-state index >= 15 is 0 Å². The molecule has 0 aliphatic heterocycles. The minimum atomic E-state index is 0.0306. The first-order valence-corrected chi connectivity index (χ1v) is 4.54. The SMILES string of the molecule is C=CCO[C@H](CC(C)=O)[C@@H]1CC1=C. The lowest BCUT2D eigenvalue weighted by molar-refractivity contribution is -0.119. The normalized spacial score (nSPS) is 22.5. The summed E-state index contributed by atoms with van der Waals surface area (Å²) in [7, 11) is 0. The summed E-state index contributed by atoms with van der Waals surface area (Å²) in [6.07, 6.45) is 3.24. The summed E-state index contributed by atoms with van der Waals surface area (Å²) in [5, 5.41) is 0.